The van der Waals surface area contributed by atoms with Crippen molar-refractivity contribution in [2.75, 3.05) is 7.11 Å². The van der Waals surface area contributed by atoms with E-state index in [2.05, 4.69) is 9.46 Å². The highest BCUT2D eigenvalue weighted by Gasteiger charge is 2.33. The molecule has 5 rings (SSSR count). The number of ether oxygens (including phenoxy) is 2. The zero-order chi connectivity index (χ0) is 29.5. The molecular weight excluding hydrogens is 557 g/mol. The first-order chi connectivity index (χ1) is 19.4. The van der Waals surface area contributed by atoms with Crippen molar-refractivity contribution in [1.29, 1.82) is 0 Å². The predicted octanol–water partition coefficient (Wildman–Crippen LogP) is 6.48. The van der Waals surface area contributed by atoms with Gasteiger partial charge in [0.25, 0.3) is 0 Å². The third-order valence-electron chi connectivity index (χ3n) is 7.10. The second-order valence-corrected chi connectivity index (χ2v) is 11.7. The van der Waals surface area contributed by atoms with Crippen molar-refractivity contribution >= 4 is 26.8 Å². The number of aromatic nitrogens is 1. The number of carbonyl (C=O) groups is 1. The number of rotatable bonds is 8. The lowest BCUT2D eigenvalue weighted by Crippen LogP contribution is -2.31. The Balaban J connectivity index is 1.63. The molecule has 1 aliphatic carbocycles. The minimum absolute atomic E-state index is 0.0921. The molecule has 1 heterocycles. The molecular formula is C30H27F3N2O5S. The number of alkyl halides is 3. The highest BCUT2D eigenvalue weighted by atomic mass is 32.2. The maximum atomic E-state index is 13.7. The zero-order valence-electron chi connectivity index (χ0n) is 22.5. The van der Waals surface area contributed by atoms with Gasteiger partial charge in [-0.15, -0.1) is 13.2 Å². The average molecular weight is 585 g/mol. The molecule has 1 aromatic heterocycles. The van der Waals surface area contributed by atoms with E-state index in [1.807, 2.05) is 31.2 Å². The van der Waals surface area contributed by atoms with Gasteiger partial charge in [-0.05, 0) is 79.1 Å². The van der Waals surface area contributed by atoms with Crippen molar-refractivity contribution in [3.63, 3.8) is 0 Å². The molecule has 4 aromatic rings. The Labute approximate surface area is 235 Å². The molecule has 0 spiro atoms. The van der Waals surface area contributed by atoms with Crippen LogP contribution in [0.25, 0.3) is 10.8 Å². The number of fused-ring (bicyclic) bond motifs is 1. The molecule has 3 aromatic carbocycles. The number of nitrogens with one attached hydrogen (secondary N) is 1. The van der Waals surface area contributed by atoms with E-state index in [9.17, 15) is 26.4 Å². The predicted molar refractivity (Wildman–Crippen MR) is 146 cm³/mol. The Morgan fingerprint density at radius 1 is 1.00 bits per heavy atom. The minimum atomic E-state index is -4.87. The van der Waals surface area contributed by atoms with Crippen LogP contribution in [0.4, 0.5) is 13.2 Å². The lowest BCUT2D eigenvalue weighted by Gasteiger charge is -2.23. The number of carbonyl (C=O) groups excluding carboxylic acids is 1. The van der Waals surface area contributed by atoms with E-state index in [-0.39, 0.29) is 16.4 Å². The number of aryl methyl sites for hydroxylation is 2. The largest absolute Gasteiger partial charge is 0.573 e. The standard InChI is InChI=1S/C30H27F3N2O5S/c1-17-16-22(14-15-23(17)29(36)39-3)41(37,38)35-28(20-10-12-21(13-11-20)40-30(31,32)33)26-18(2)24-6-4-5-7-25(24)27(34-26)19-8-9-19/h4-7,10-16,19,28,35H,8-9H2,1-3H3. The summed E-state index contributed by atoms with van der Waals surface area (Å²) in [6.07, 6.45) is -2.94. The zero-order valence-corrected chi connectivity index (χ0v) is 23.3. The molecule has 0 saturated heterocycles. The van der Waals surface area contributed by atoms with Crippen molar-refractivity contribution in [2.24, 2.45) is 0 Å². The Kier molecular flexibility index (Phi) is 7.52. The summed E-state index contributed by atoms with van der Waals surface area (Å²) in [4.78, 5) is 16.9. The van der Waals surface area contributed by atoms with Crippen molar-refractivity contribution in [1.82, 2.24) is 9.71 Å². The summed E-state index contributed by atoms with van der Waals surface area (Å²) in [6, 6.07) is 15.8. The summed E-state index contributed by atoms with van der Waals surface area (Å²) in [5.41, 5.74) is 3.05. The molecule has 41 heavy (non-hydrogen) atoms. The van der Waals surface area contributed by atoms with Crippen LogP contribution in [-0.4, -0.2) is 32.8 Å². The highest BCUT2D eigenvalue weighted by Crippen LogP contribution is 2.44. The van der Waals surface area contributed by atoms with Gasteiger partial charge in [-0.25, -0.2) is 13.2 Å². The number of benzene rings is 3. The quantitative estimate of drug-likeness (QED) is 0.238. The number of sulfonamides is 1. The van der Waals surface area contributed by atoms with Gasteiger partial charge >= 0.3 is 12.3 Å². The van der Waals surface area contributed by atoms with Gasteiger partial charge in [0.05, 0.1) is 35.0 Å². The molecule has 1 aliphatic rings. The van der Waals surface area contributed by atoms with Gasteiger partial charge in [-0.3, -0.25) is 4.98 Å². The molecule has 0 radical (unpaired) electrons. The van der Waals surface area contributed by atoms with Crippen LogP contribution in [0.3, 0.4) is 0 Å². The molecule has 11 heteroatoms. The second-order valence-electron chi connectivity index (χ2n) is 9.97. The molecule has 214 valence electrons. The van der Waals surface area contributed by atoms with Crippen LogP contribution >= 0.6 is 0 Å². The maximum absolute atomic E-state index is 13.7. The Hall–Kier alpha value is -3.96. The summed E-state index contributed by atoms with van der Waals surface area (Å²) >= 11 is 0. The molecule has 1 N–H and O–H groups in total. The van der Waals surface area contributed by atoms with E-state index in [0.29, 0.717) is 16.8 Å². The van der Waals surface area contributed by atoms with Gasteiger partial charge in [0.15, 0.2) is 0 Å². The fourth-order valence-corrected chi connectivity index (χ4v) is 6.18. The summed E-state index contributed by atoms with van der Waals surface area (Å²) in [5, 5.41) is 1.90. The van der Waals surface area contributed by atoms with Crippen LogP contribution in [0.5, 0.6) is 5.75 Å². The highest BCUT2D eigenvalue weighted by molar-refractivity contribution is 7.89. The lowest BCUT2D eigenvalue weighted by atomic mass is 9.95. The molecule has 1 atom stereocenters. The number of nitrogens with zero attached hydrogens (tertiary/aromatic N) is 1. The van der Waals surface area contributed by atoms with E-state index < -0.39 is 34.1 Å². The third-order valence-corrected chi connectivity index (χ3v) is 8.52. The van der Waals surface area contributed by atoms with Gasteiger partial charge < -0.3 is 9.47 Å². The van der Waals surface area contributed by atoms with Gasteiger partial charge in [0.1, 0.15) is 5.75 Å². The van der Waals surface area contributed by atoms with Crippen molar-refractivity contribution < 1.29 is 35.9 Å². The normalized spacial score (nSPS) is 14.6. The fraction of sp³-hybridized carbons (Fsp3) is 0.267. The number of pyridine rings is 1. The van der Waals surface area contributed by atoms with Gasteiger partial charge in [-0.2, -0.15) is 4.72 Å². The van der Waals surface area contributed by atoms with E-state index >= 15 is 0 Å². The van der Waals surface area contributed by atoms with E-state index in [1.165, 1.54) is 37.4 Å². The van der Waals surface area contributed by atoms with Crippen LogP contribution in [0.15, 0.2) is 71.6 Å². The van der Waals surface area contributed by atoms with Crippen LogP contribution in [-0.2, 0) is 14.8 Å². The molecule has 0 aliphatic heterocycles. The topological polar surface area (TPSA) is 94.6 Å². The number of hydrogen-bond acceptors (Lipinski definition) is 6. The first-order valence-corrected chi connectivity index (χ1v) is 14.3. The monoisotopic (exact) mass is 584 g/mol. The Morgan fingerprint density at radius 3 is 2.24 bits per heavy atom. The molecule has 0 amide bonds. The molecule has 0 bridgehead atoms. The fourth-order valence-electron chi connectivity index (χ4n) is 4.90. The number of esters is 1. The van der Waals surface area contributed by atoms with E-state index in [4.69, 9.17) is 9.72 Å². The van der Waals surface area contributed by atoms with Crippen molar-refractivity contribution in [2.45, 2.75) is 49.9 Å². The molecule has 7 nitrogen and oxygen atoms in total. The summed E-state index contributed by atoms with van der Waals surface area (Å²) < 4.78 is 77.3. The SMILES string of the molecule is COC(=O)c1ccc(S(=O)(=O)NC(c2ccc(OC(F)(F)F)cc2)c2nc(C3CC3)c3ccccc3c2C)cc1C. The van der Waals surface area contributed by atoms with E-state index in [0.717, 1.165) is 47.0 Å². The third kappa shape index (κ3) is 6.06. The number of methoxy groups -OCH3 is 1. The first kappa shape index (κ1) is 28.6. The molecule has 1 unspecified atom stereocenters. The lowest BCUT2D eigenvalue weighted by molar-refractivity contribution is -0.274. The number of halogens is 3. The van der Waals surface area contributed by atoms with Gasteiger partial charge in [-0.1, -0.05) is 36.4 Å². The Bertz CT molecular complexity index is 1730. The van der Waals surface area contributed by atoms with E-state index in [1.54, 1.807) is 6.92 Å². The average Bonchev–Trinajstić information content (AvgIpc) is 3.77. The minimum Gasteiger partial charge on any atom is -0.465 e. The number of hydrogen-bond donors (Lipinski definition) is 1. The first-order valence-electron chi connectivity index (χ1n) is 12.8. The maximum Gasteiger partial charge on any atom is 0.573 e. The molecule has 1 saturated carbocycles. The summed E-state index contributed by atoms with van der Waals surface area (Å²) in [7, 11) is -2.97. The van der Waals surface area contributed by atoms with Gasteiger partial charge in [0, 0.05) is 11.3 Å². The Morgan fingerprint density at radius 2 is 1.66 bits per heavy atom. The summed E-state index contributed by atoms with van der Waals surface area (Å²) in [6.45, 7) is 3.44. The van der Waals surface area contributed by atoms with Gasteiger partial charge in [0.2, 0.25) is 10.0 Å². The second kappa shape index (κ2) is 10.8. The smallest absolute Gasteiger partial charge is 0.465 e. The van der Waals surface area contributed by atoms with Crippen LogP contribution in [0.2, 0.25) is 0 Å². The molecule has 1 fully saturated rings. The van der Waals surface area contributed by atoms with Crippen molar-refractivity contribution in [3.05, 3.63) is 100 Å². The van der Waals surface area contributed by atoms with Crippen LogP contribution in [0.1, 0.15) is 63.2 Å². The van der Waals surface area contributed by atoms with Crippen LogP contribution < -0.4 is 9.46 Å². The summed E-state index contributed by atoms with van der Waals surface area (Å²) in [5.74, 6) is -0.784. The van der Waals surface area contributed by atoms with Crippen molar-refractivity contribution in [3.8, 4) is 5.75 Å². The van der Waals surface area contributed by atoms with Crippen LogP contribution in [0, 0.1) is 13.8 Å².